The second kappa shape index (κ2) is 6.07. The van der Waals surface area contributed by atoms with E-state index in [4.69, 9.17) is 9.26 Å². The number of rotatable bonds is 4. The van der Waals surface area contributed by atoms with Crippen molar-refractivity contribution < 1.29 is 9.26 Å². The quantitative estimate of drug-likeness (QED) is 0.851. The fourth-order valence-electron chi connectivity index (χ4n) is 2.57. The molecule has 3 heterocycles. The van der Waals surface area contributed by atoms with E-state index in [0.29, 0.717) is 24.2 Å². The van der Waals surface area contributed by atoms with Crippen LogP contribution >= 0.6 is 0 Å². The first-order chi connectivity index (χ1) is 10.3. The van der Waals surface area contributed by atoms with Gasteiger partial charge in [-0.1, -0.05) is 5.16 Å². The van der Waals surface area contributed by atoms with E-state index in [1.165, 1.54) is 0 Å². The molecule has 7 heteroatoms. The molecule has 2 aromatic heterocycles. The molecule has 112 valence electrons. The zero-order valence-corrected chi connectivity index (χ0v) is 12.3. The molecule has 1 fully saturated rings. The SMILES string of the molecule is CCOc1cncc(N2CCCC(c3nc(C)no3)C2)n1. The van der Waals surface area contributed by atoms with Crippen LogP contribution in [0.4, 0.5) is 5.82 Å². The normalized spacial score (nSPS) is 18.8. The molecule has 0 aliphatic carbocycles. The summed E-state index contributed by atoms with van der Waals surface area (Å²) >= 11 is 0. The molecule has 0 bridgehead atoms. The molecule has 0 N–H and O–H groups in total. The van der Waals surface area contributed by atoms with Crippen LogP contribution in [0.3, 0.4) is 0 Å². The summed E-state index contributed by atoms with van der Waals surface area (Å²) in [7, 11) is 0. The molecule has 1 aliphatic heterocycles. The highest BCUT2D eigenvalue weighted by atomic mass is 16.5. The van der Waals surface area contributed by atoms with Gasteiger partial charge in [-0.25, -0.2) is 0 Å². The number of hydrogen-bond acceptors (Lipinski definition) is 7. The lowest BCUT2D eigenvalue weighted by Crippen LogP contribution is -2.35. The fraction of sp³-hybridized carbons (Fsp3) is 0.571. The Kier molecular flexibility index (Phi) is 3.98. The second-order valence-corrected chi connectivity index (χ2v) is 5.11. The molecule has 2 aromatic rings. The van der Waals surface area contributed by atoms with Gasteiger partial charge >= 0.3 is 0 Å². The summed E-state index contributed by atoms with van der Waals surface area (Å²) in [5.74, 6) is 3.04. The minimum Gasteiger partial charge on any atom is -0.477 e. The van der Waals surface area contributed by atoms with Gasteiger partial charge in [0.15, 0.2) is 11.6 Å². The number of nitrogens with zero attached hydrogens (tertiary/aromatic N) is 5. The van der Waals surface area contributed by atoms with E-state index in [-0.39, 0.29) is 5.92 Å². The van der Waals surface area contributed by atoms with E-state index in [2.05, 4.69) is 25.0 Å². The number of aryl methyl sites for hydroxylation is 1. The lowest BCUT2D eigenvalue weighted by Gasteiger charge is -2.31. The molecule has 0 spiro atoms. The van der Waals surface area contributed by atoms with Crippen LogP contribution in [0.1, 0.15) is 37.4 Å². The first-order valence-electron chi connectivity index (χ1n) is 7.26. The second-order valence-electron chi connectivity index (χ2n) is 5.11. The topological polar surface area (TPSA) is 77.2 Å². The van der Waals surface area contributed by atoms with Gasteiger partial charge in [-0.2, -0.15) is 9.97 Å². The van der Waals surface area contributed by atoms with Crippen molar-refractivity contribution in [2.75, 3.05) is 24.6 Å². The van der Waals surface area contributed by atoms with Gasteiger partial charge in [-0.3, -0.25) is 4.98 Å². The standard InChI is InChI=1S/C14H19N5O2/c1-3-20-13-8-15-7-12(17-13)19-6-4-5-11(9-19)14-16-10(2)18-21-14/h7-8,11H,3-6,9H2,1-2H3. The van der Waals surface area contributed by atoms with Crippen LogP contribution in [-0.2, 0) is 0 Å². The number of ether oxygens (including phenoxy) is 1. The average Bonchev–Trinajstić information content (AvgIpc) is 2.95. The molecule has 3 rings (SSSR count). The molecular weight excluding hydrogens is 270 g/mol. The van der Waals surface area contributed by atoms with Crippen LogP contribution < -0.4 is 9.64 Å². The predicted octanol–water partition coefficient (Wildman–Crippen LogP) is 1.95. The third-order valence-corrected chi connectivity index (χ3v) is 3.53. The van der Waals surface area contributed by atoms with E-state index < -0.39 is 0 Å². The summed E-state index contributed by atoms with van der Waals surface area (Å²) in [5, 5.41) is 3.88. The summed E-state index contributed by atoms with van der Waals surface area (Å²) in [4.78, 5) is 15.2. The third kappa shape index (κ3) is 3.12. The van der Waals surface area contributed by atoms with Crippen molar-refractivity contribution in [2.45, 2.75) is 32.6 Å². The van der Waals surface area contributed by atoms with Crippen molar-refractivity contribution in [3.05, 3.63) is 24.1 Å². The highest BCUT2D eigenvalue weighted by molar-refractivity contribution is 5.38. The number of piperidine rings is 1. The molecule has 21 heavy (non-hydrogen) atoms. The maximum Gasteiger partial charge on any atom is 0.234 e. The van der Waals surface area contributed by atoms with Crippen molar-refractivity contribution in [3.8, 4) is 5.88 Å². The van der Waals surface area contributed by atoms with Crippen LogP contribution in [0.15, 0.2) is 16.9 Å². The maximum absolute atomic E-state index is 5.41. The highest BCUT2D eigenvalue weighted by Crippen LogP contribution is 2.28. The van der Waals surface area contributed by atoms with E-state index in [1.807, 2.05) is 13.8 Å². The Morgan fingerprint density at radius 1 is 1.38 bits per heavy atom. The lowest BCUT2D eigenvalue weighted by molar-refractivity contribution is 0.322. The molecule has 1 saturated heterocycles. The van der Waals surface area contributed by atoms with Gasteiger partial charge in [0.1, 0.15) is 0 Å². The molecule has 0 saturated carbocycles. The molecule has 1 atom stereocenters. The Morgan fingerprint density at radius 3 is 3.05 bits per heavy atom. The summed E-state index contributed by atoms with van der Waals surface area (Å²) in [6.07, 6.45) is 5.52. The zero-order valence-electron chi connectivity index (χ0n) is 12.3. The van der Waals surface area contributed by atoms with Gasteiger partial charge < -0.3 is 14.2 Å². The van der Waals surface area contributed by atoms with Gasteiger partial charge in [0, 0.05) is 13.1 Å². The van der Waals surface area contributed by atoms with Crippen molar-refractivity contribution in [3.63, 3.8) is 0 Å². The molecule has 0 radical (unpaired) electrons. The average molecular weight is 289 g/mol. The number of hydrogen-bond donors (Lipinski definition) is 0. The fourth-order valence-corrected chi connectivity index (χ4v) is 2.57. The molecule has 7 nitrogen and oxygen atoms in total. The van der Waals surface area contributed by atoms with Crippen LogP contribution in [0.5, 0.6) is 5.88 Å². The molecule has 1 aliphatic rings. The highest BCUT2D eigenvalue weighted by Gasteiger charge is 2.26. The number of aromatic nitrogens is 4. The predicted molar refractivity (Wildman–Crippen MR) is 76.4 cm³/mol. The Hall–Kier alpha value is -2.18. The molecular formula is C14H19N5O2. The van der Waals surface area contributed by atoms with Crippen LogP contribution in [0.2, 0.25) is 0 Å². The van der Waals surface area contributed by atoms with Crippen molar-refractivity contribution in [2.24, 2.45) is 0 Å². The van der Waals surface area contributed by atoms with Crippen molar-refractivity contribution in [1.82, 2.24) is 20.1 Å². The molecule has 0 aromatic carbocycles. The molecule has 0 amide bonds. The van der Waals surface area contributed by atoms with E-state index in [1.54, 1.807) is 12.4 Å². The maximum atomic E-state index is 5.41. The summed E-state index contributed by atoms with van der Waals surface area (Å²) in [6, 6.07) is 0. The van der Waals surface area contributed by atoms with Crippen molar-refractivity contribution >= 4 is 5.82 Å². The van der Waals surface area contributed by atoms with Gasteiger partial charge in [0.05, 0.1) is 24.9 Å². The largest absolute Gasteiger partial charge is 0.477 e. The first-order valence-corrected chi connectivity index (χ1v) is 7.26. The van der Waals surface area contributed by atoms with E-state index >= 15 is 0 Å². The van der Waals surface area contributed by atoms with Crippen molar-refractivity contribution in [1.29, 1.82) is 0 Å². The monoisotopic (exact) mass is 289 g/mol. The Morgan fingerprint density at radius 2 is 2.29 bits per heavy atom. The Labute approximate surface area is 123 Å². The summed E-state index contributed by atoms with van der Waals surface area (Å²) < 4.78 is 10.7. The van der Waals surface area contributed by atoms with Gasteiger partial charge in [0.2, 0.25) is 11.8 Å². The lowest BCUT2D eigenvalue weighted by atomic mass is 9.98. The summed E-state index contributed by atoms with van der Waals surface area (Å²) in [6.45, 7) is 6.12. The van der Waals surface area contributed by atoms with E-state index in [0.717, 1.165) is 31.7 Å². The minimum absolute atomic E-state index is 0.248. The Bertz CT molecular complexity index is 601. The van der Waals surface area contributed by atoms with Gasteiger partial charge in [-0.15, -0.1) is 0 Å². The third-order valence-electron chi connectivity index (χ3n) is 3.53. The minimum atomic E-state index is 0.248. The van der Waals surface area contributed by atoms with Crippen LogP contribution in [-0.4, -0.2) is 39.8 Å². The van der Waals surface area contributed by atoms with Crippen LogP contribution in [0.25, 0.3) is 0 Å². The zero-order chi connectivity index (χ0) is 14.7. The smallest absolute Gasteiger partial charge is 0.234 e. The van der Waals surface area contributed by atoms with Gasteiger partial charge in [0.25, 0.3) is 0 Å². The summed E-state index contributed by atoms with van der Waals surface area (Å²) in [5.41, 5.74) is 0. The van der Waals surface area contributed by atoms with Crippen LogP contribution in [0, 0.1) is 6.92 Å². The first kappa shape index (κ1) is 13.8. The van der Waals surface area contributed by atoms with Gasteiger partial charge in [-0.05, 0) is 26.7 Å². The number of anilines is 1. The van der Waals surface area contributed by atoms with E-state index in [9.17, 15) is 0 Å². The molecule has 1 unspecified atom stereocenters. The Balaban J connectivity index is 1.75.